The Morgan fingerprint density at radius 3 is 0.835 bits per heavy atom. The molecule has 0 saturated carbocycles. The van der Waals surface area contributed by atoms with Crippen molar-refractivity contribution in [2.45, 2.75) is 456 Å². The van der Waals surface area contributed by atoms with Gasteiger partial charge in [-0.15, -0.1) is 0 Å². The standard InChI is InChI=1S/C79H153NO5/c1-3-5-7-9-11-13-15-17-19-21-36-41-45-49-53-57-61-65-69-73-79(84)85-74-70-66-62-58-54-50-46-42-38-35-33-31-29-27-25-23-22-24-26-28-30-32-34-37-40-44-48-52-56-60-64-68-72-78(83)80-76(75-81)77(82)71-67-63-59-55-51-47-43-39-20-18-16-14-12-10-8-6-4-2/h25,27,67,71,76-77,81-82H,3-24,26,28-66,68-70,72-75H2,1-2H3,(H,80,83)/b27-25-,71-67+. The minimum absolute atomic E-state index is 0.0237. The van der Waals surface area contributed by atoms with Gasteiger partial charge in [0.05, 0.1) is 25.4 Å². The highest BCUT2D eigenvalue weighted by atomic mass is 16.5. The monoisotopic (exact) mass is 1200 g/mol. The first-order chi connectivity index (χ1) is 42.0. The van der Waals surface area contributed by atoms with Crippen LogP contribution in [0.5, 0.6) is 0 Å². The van der Waals surface area contributed by atoms with E-state index < -0.39 is 12.1 Å². The lowest BCUT2D eigenvalue weighted by atomic mass is 10.0. The Morgan fingerprint density at radius 1 is 0.318 bits per heavy atom. The van der Waals surface area contributed by atoms with Gasteiger partial charge in [-0.25, -0.2) is 0 Å². The van der Waals surface area contributed by atoms with E-state index in [0.29, 0.717) is 19.4 Å². The molecule has 2 unspecified atom stereocenters. The maximum atomic E-state index is 12.5. The lowest BCUT2D eigenvalue weighted by Gasteiger charge is -2.20. The number of aliphatic hydroxyl groups excluding tert-OH is 2. The summed E-state index contributed by atoms with van der Waals surface area (Å²) in [5, 5.41) is 23.2. The third-order valence-corrected chi connectivity index (χ3v) is 18.5. The number of carbonyl (C=O) groups excluding carboxylic acids is 2. The molecule has 0 radical (unpaired) electrons. The van der Waals surface area contributed by atoms with E-state index in [0.717, 1.165) is 38.5 Å². The highest BCUT2D eigenvalue weighted by Gasteiger charge is 2.18. The summed E-state index contributed by atoms with van der Waals surface area (Å²) in [5.74, 6) is -0.0379. The third-order valence-electron chi connectivity index (χ3n) is 18.5. The summed E-state index contributed by atoms with van der Waals surface area (Å²) < 4.78 is 5.52. The number of esters is 1. The van der Waals surface area contributed by atoms with Crippen LogP contribution in [0.1, 0.15) is 444 Å². The Hall–Kier alpha value is -1.66. The second-order valence-corrected chi connectivity index (χ2v) is 27.0. The van der Waals surface area contributed by atoms with Crippen molar-refractivity contribution in [3.63, 3.8) is 0 Å². The molecule has 3 N–H and O–H groups in total. The summed E-state index contributed by atoms with van der Waals surface area (Å²) in [7, 11) is 0. The van der Waals surface area contributed by atoms with Gasteiger partial charge in [0.2, 0.25) is 5.91 Å². The highest BCUT2D eigenvalue weighted by molar-refractivity contribution is 5.76. The molecular weight excluding hydrogens is 1040 g/mol. The van der Waals surface area contributed by atoms with E-state index in [1.54, 1.807) is 6.08 Å². The molecule has 0 aromatic heterocycles. The zero-order chi connectivity index (χ0) is 61.3. The molecule has 85 heavy (non-hydrogen) atoms. The number of aliphatic hydroxyl groups is 2. The Bertz CT molecular complexity index is 1330. The number of unbranched alkanes of at least 4 members (excludes halogenated alkanes) is 61. The van der Waals surface area contributed by atoms with E-state index >= 15 is 0 Å². The second kappa shape index (κ2) is 74.8. The van der Waals surface area contributed by atoms with E-state index in [1.807, 2.05) is 6.08 Å². The van der Waals surface area contributed by atoms with E-state index in [1.165, 1.54) is 379 Å². The van der Waals surface area contributed by atoms with E-state index in [-0.39, 0.29) is 18.5 Å². The number of carbonyl (C=O) groups is 2. The van der Waals surface area contributed by atoms with E-state index in [2.05, 4.69) is 31.3 Å². The molecule has 0 aliphatic rings. The summed E-state index contributed by atoms with van der Waals surface area (Å²) in [6.07, 6.45) is 95.8. The van der Waals surface area contributed by atoms with Crippen LogP contribution in [0.25, 0.3) is 0 Å². The predicted molar refractivity (Wildman–Crippen MR) is 375 cm³/mol. The molecule has 0 aliphatic carbocycles. The lowest BCUT2D eigenvalue weighted by molar-refractivity contribution is -0.143. The molecule has 0 spiro atoms. The number of hydrogen-bond acceptors (Lipinski definition) is 5. The van der Waals surface area contributed by atoms with Gasteiger partial charge in [-0.1, -0.05) is 398 Å². The molecule has 0 saturated heterocycles. The molecule has 0 aromatic rings. The Morgan fingerprint density at radius 2 is 0.553 bits per heavy atom. The van der Waals surface area contributed by atoms with Crippen LogP contribution in [0.15, 0.2) is 24.3 Å². The van der Waals surface area contributed by atoms with Gasteiger partial charge in [-0.2, -0.15) is 0 Å². The predicted octanol–water partition coefficient (Wildman–Crippen LogP) is 25.7. The van der Waals surface area contributed by atoms with Crippen LogP contribution in [-0.2, 0) is 14.3 Å². The average Bonchev–Trinajstić information content (AvgIpc) is 3.51. The molecule has 0 aromatic carbocycles. The molecule has 0 aliphatic heterocycles. The molecule has 0 heterocycles. The van der Waals surface area contributed by atoms with Gasteiger partial charge in [0.15, 0.2) is 0 Å². The summed E-state index contributed by atoms with van der Waals surface area (Å²) in [5.41, 5.74) is 0. The number of nitrogens with one attached hydrogen (secondary N) is 1. The Kier molecular flexibility index (Phi) is 73.3. The van der Waals surface area contributed by atoms with Crippen LogP contribution in [0, 0.1) is 0 Å². The summed E-state index contributed by atoms with van der Waals surface area (Å²) in [6, 6.07) is -0.626. The van der Waals surface area contributed by atoms with Crippen molar-refractivity contribution >= 4 is 11.9 Å². The largest absolute Gasteiger partial charge is 0.466 e. The molecule has 1 amide bonds. The van der Waals surface area contributed by atoms with Crippen LogP contribution in [0.4, 0.5) is 0 Å². The molecule has 0 bridgehead atoms. The van der Waals surface area contributed by atoms with Crippen LogP contribution in [0.2, 0.25) is 0 Å². The SMILES string of the molecule is CCCCCCCCCCCCCCCCC/C=C/C(O)C(CO)NC(=O)CCCCCCCCCCCCCCCCCC/C=C\CCCCCCCCCCCCCCOC(=O)CCCCCCCCCCCCCCCCCCCCC. The lowest BCUT2D eigenvalue weighted by Crippen LogP contribution is -2.45. The van der Waals surface area contributed by atoms with Gasteiger partial charge in [0.25, 0.3) is 0 Å². The van der Waals surface area contributed by atoms with Crippen molar-refractivity contribution in [1.29, 1.82) is 0 Å². The minimum atomic E-state index is -0.843. The fourth-order valence-electron chi connectivity index (χ4n) is 12.5. The summed E-state index contributed by atoms with van der Waals surface area (Å²) in [4.78, 5) is 24.6. The normalized spacial score (nSPS) is 12.6. The Balaban J connectivity index is 3.35. The molecule has 504 valence electrons. The highest BCUT2D eigenvalue weighted by Crippen LogP contribution is 2.20. The molecule has 0 fully saturated rings. The topological polar surface area (TPSA) is 95.9 Å². The zero-order valence-corrected chi connectivity index (χ0v) is 57.9. The summed E-state index contributed by atoms with van der Waals surface area (Å²) >= 11 is 0. The van der Waals surface area contributed by atoms with Crippen molar-refractivity contribution in [1.82, 2.24) is 5.32 Å². The first kappa shape index (κ1) is 83.3. The van der Waals surface area contributed by atoms with Gasteiger partial charge in [-0.3, -0.25) is 9.59 Å². The third kappa shape index (κ3) is 71.3. The van der Waals surface area contributed by atoms with E-state index in [4.69, 9.17) is 4.74 Å². The smallest absolute Gasteiger partial charge is 0.305 e. The first-order valence-corrected chi connectivity index (χ1v) is 39.1. The number of ether oxygens (including phenoxy) is 1. The number of allylic oxidation sites excluding steroid dienone is 3. The number of rotatable bonds is 74. The van der Waals surface area contributed by atoms with Crippen molar-refractivity contribution in [3.05, 3.63) is 24.3 Å². The van der Waals surface area contributed by atoms with Gasteiger partial charge in [0, 0.05) is 12.8 Å². The summed E-state index contributed by atoms with van der Waals surface area (Å²) in [6.45, 7) is 4.96. The minimum Gasteiger partial charge on any atom is -0.466 e. The average molecular weight is 1200 g/mol. The van der Waals surface area contributed by atoms with Crippen molar-refractivity contribution in [3.8, 4) is 0 Å². The molecule has 6 heteroatoms. The molecule has 0 rings (SSSR count). The molecule has 2 atom stereocenters. The molecular formula is C79H153NO5. The van der Waals surface area contributed by atoms with Crippen molar-refractivity contribution < 1.29 is 24.5 Å². The van der Waals surface area contributed by atoms with Crippen LogP contribution < -0.4 is 5.32 Å². The van der Waals surface area contributed by atoms with Gasteiger partial charge >= 0.3 is 5.97 Å². The van der Waals surface area contributed by atoms with E-state index in [9.17, 15) is 19.8 Å². The fraction of sp³-hybridized carbons (Fsp3) is 0.924. The number of hydrogen-bond donors (Lipinski definition) is 3. The van der Waals surface area contributed by atoms with Crippen molar-refractivity contribution in [2.75, 3.05) is 13.2 Å². The second-order valence-electron chi connectivity index (χ2n) is 27.0. The first-order valence-electron chi connectivity index (χ1n) is 39.1. The van der Waals surface area contributed by atoms with Gasteiger partial charge < -0.3 is 20.3 Å². The fourth-order valence-corrected chi connectivity index (χ4v) is 12.5. The van der Waals surface area contributed by atoms with Crippen LogP contribution in [-0.4, -0.2) is 47.4 Å². The number of amides is 1. The van der Waals surface area contributed by atoms with Crippen molar-refractivity contribution in [2.24, 2.45) is 0 Å². The van der Waals surface area contributed by atoms with Gasteiger partial charge in [-0.05, 0) is 57.8 Å². The van der Waals surface area contributed by atoms with Crippen LogP contribution >= 0.6 is 0 Å². The van der Waals surface area contributed by atoms with Crippen LogP contribution in [0.3, 0.4) is 0 Å². The quantitative estimate of drug-likeness (QED) is 0.0320. The maximum Gasteiger partial charge on any atom is 0.305 e. The van der Waals surface area contributed by atoms with Gasteiger partial charge in [0.1, 0.15) is 0 Å². The zero-order valence-electron chi connectivity index (χ0n) is 57.9. The Labute approximate surface area is 532 Å². The maximum absolute atomic E-state index is 12.5. The molecule has 6 nitrogen and oxygen atoms in total.